The zero-order chi connectivity index (χ0) is 16.4. The Hall–Kier alpha value is 0.0800. The van der Waals surface area contributed by atoms with Crippen molar-refractivity contribution in [1.29, 1.82) is 0 Å². The topological polar surface area (TPSA) is 63.4 Å². The van der Waals surface area contributed by atoms with Crippen LogP contribution >= 0.6 is 51.3 Å². The standard InChI is InChI=1S/C12H15BrCl2N2O2S2/c1-3-17(6-7(2)12(16)20)21(18,19)11-9(14)4-8(13)5-10(11)15/h4-5,7H,3,6H2,1-2H3,(H2,16,20). The van der Waals surface area contributed by atoms with Crippen LogP contribution in [-0.2, 0) is 10.0 Å². The Labute approximate surface area is 148 Å². The van der Waals surface area contributed by atoms with Gasteiger partial charge in [0.25, 0.3) is 0 Å². The van der Waals surface area contributed by atoms with Crippen molar-refractivity contribution in [2.45, 2.75) is 18.7 Å². The van der Waals surface area contributed by atoms with E-state index in [0.29, 0.717) is 4.47 Å². The van der Waals surface area contributed by atoms with Crippen molar-refractivity contribution < 1.29 is 8.42 Å². The SMILES string of the molecule is CCN(CC(C)C(N)=S)S(=O)(=O)c1c(Cl)cc(Br)cc1Cl. The Kier molecular flexibility index (Phi) is 6.89. The third-order valence-electron chi connectivity index (χ3n) is 2.88. The molecule has 1 rings (SSSR count). The molecule has 9 heteroatoms. The van der Waals surface area contributed by atoms with E-state index in [-0.39, 0.29) is 38.9 Å². The first kappa shape index (κ1) is 19.1. The van der Waals surface area contributed by atoms with Crippen LogP contribution in [0.4, 0.5) is 0 Å². The molecule has 0 fully saturated rings. The van der Waals surface area contributed by atoms with E-state index in [2.05, 4.69) is 15.9 Å². The molecule has 0 heterocycles. The van der Waals surface area contributed by atoms with Gasteiger partial charge in [-0.05, 0) is 12.1 Å². The number of nitrogens with zero attached hydrogens (tertiary/aromatic N) is 1. The predicted molar refractivity (Wildman–Crippen MR) is 94.5 cm³/mol. The monoisotopic (exact) mass is 432 g/mol. The lowest BCUT2D eigenvalue weighted by atomic mass is 10.2. The number of sulfonamides is 1. The van der Waals surface area contributed by atoms with Crippen LogP contribution in [0, 0.1) is 5.92 Å². The minimum absolute atomic E-state index is 0.0656. The average molecular weight is 434 g/mol. The fourth-order valence-electron chi connectivity index (χ4n) is 1.70. The summed E-state index contributed by atoms with van der Waals surface area (Å²) in [4.78, 5) is 0.155. The molecule has 0 aliphatic carbocycles. The summed E-state index contributed by atoms with van der Waals surface area (Å²) in [6, 6.07) is 2.98. The van der Waals surface area contributed by atoms with E-state index in [1.165, 1.54) is 16.4 Å². The summed E-state index contributed by atoms with van der Waals surface area (Å²) in [6.07, 6.45) is 0. The van der Waals surface area contributed by atoms with Gasteiger partial charge in [0.1, 0.15) is 4.90 Å². The van der Waals surface area contributed by atoms with E-state index in [4.69, 9.17) is 41.2 Å². The molecule has 0 aliphatic rings. The predicted octanol–water partition coefficient (Wildman–Crippen LogP) is 3.69. The molecular formula is C12H15BrCl2N2O2S2. The smallest absolute Gasteiger partial charge is 0.246 e. The molecule has 0 aromatic heterocycles. The van der Waals surface area contributed by atoms with Crippen molar-refractivity contribution in [2.75, 3.05) is 13.1 Å². The number of hydrogen-bond donors (Lipinski definition) is 1. The zero-order valence-electron chi connectivity index (χ0n) is 11.4. The van der Waals surface area contributed by atoms with Gasteiger partial charge < -0.3 is 5.73 Å². The largest absolute Gasteiger partial charge is 0.393 e. The van der Waals surface area contributed by atoms with Gasteiger partial charge in [0.2, 0.25) is 10.0 Å². The summed E-state index contributed by atoms with van der Waals surface area (Å²) in [5.74, 6) is -0.247. The van der Waals surface area contributed by atoms with Crippen molar-refractivity contribution in [2.24, 2.45) is 11.7 Å². The van der Waals surface area contributed by atoms with E-state index in [1.807, 2.05) is 0 Å². The molecule has 21 heavy (non-hydrogen) atoms. The summed E-state index contributed by atoms with van der Waals surface area (Å²) >= 11 is 20.2. The number of rotatable bonds is 6. The van der Waals surface area contributed by atoms with Gasteiger partial charge in [-0.1, -0.05) is 65.2 Å². The maximum absolute atomic E-state index is 12.7. The number of thiocarbonyl (C=S) groups is 1. The molecule has 0 aliphatic heterocycles. The third kappa shape index (κ3) is 4.53. The molecular weight excluding hydrogens is 419 g/mol. The summed E-state index contributed by atoms with van der Waals surface area (Å²) in [5, 5.41) is 0.131. The van der Waals surface area contributed by atoms with Crippen LogP contribution in [0.15, 0.2) is 21.5 Å². The Balaban J connectivity index is 3.29. The minimum atomic E-state index is -3.82. The fraction of sp³-hybridized carbons (Fsp3) is 0.417. The van der Waals surface area contributed by atoms with Crippen molar-refractivity contribution >= 4 is 66.4 Å². The van der Waals surface area contributed by atoms with E-state index >= 15 is 0 Å². The molecule has 0 saturated heterocycles. The molecule has 2 N–H and O–H groups in total. The molecule has 0 amide bonds. The maximum atomic E-state index is 12.7. The van der Waals surface area contributed by atoms with Gasteiger partial charge in [-0.3, -0.25) is 0 Å². The highest BCUT2D eigenvalue weighted by Gasteiger charge is 2.30. The Morgan fingerprint density at radius 3 is 2.29 bits per heavy atom. The molecule has 0 spiro atoms. The molecule has 0 saturated carbocycles. The second-order valence-electron chi connectivity index (χ2n) is 4.46. The van der Waals surface area contributed by atoms with E-state index < -0.39 is 10.0 Å². The van der Waals surface area contributed by atoms with E-state index in [9.17, 15) is 8.42 Å². The molecule has 118 valence electrons. The van der Waals surface area contributed by atoms with Crippen molar-refractivity contribution in [3.05, 3.63) is 26.7 Å². The summed E-state index contributed by atoms with van der Waals surface area (Å²) in [5.41, 5.74) is 5.55. The second-order valence-corrected chi connectivity index (χ2v) is 8.53. The lowest BCUT2D eigenvalue weighted by Crippen LogP contribution is -2.38. The average Bonchev–Trinajstić information content (AvgIpc) is 2.33. The Morgan fingerprint density at radius 2 is 1.90 bits per heavy atom. The molecule has 0 radical (unpaired) electrons. The molecule has 1 aromatic carbocycles. The van der Waals surface area contributed by atoms with E-state index in [0.717, 1.165) is 0 Å². The van der Waals surface area contributed by atoms with Crippen molar-refractivity contribution in [3.63, 3.8) is 0 Å². The van der Waals surface area contributed by atoms with Crippen LogP contribution in [0.5, 0.6) is 0 Å². The highest BCUT2D eigenvalue weighted by Crippen LogP contribution is 2.34. The highest BCUT2D eigenvalue weighted by molar-refractivity contribution is 9.10. The molecule has 1 aromatic rings. The van der Waals surface area contributed by atoms with Gasteiger partial charge >= 0.3 is 0 Å². The number of nitrogens with two attached hydrogens (primary N) is 1. The lowest BCUT2D eigenvalue weighted by molar-refractivity contribution is 0.405. The quantitative estimate of drug-likeness (QED) is 0.694. The summed E-state index contributed by atoms with van der Waals surface area (Å²) in [7, 11) is -3.82. The van der Waals surface area contributed by atoms with Crippen LogP contribution in [0.3, 0.4) is 0 Å². The van der Waals surface area contributed by atoms with Gasteiger partial charge in [-0.2, -0.15) is 4.31 Å². The number of halogens is 3. The van der Waals surface area contributed by atoms with Gasteiger partial charge in [0, 0.05) is 23.5 Å². The number of hydrogen-bond acceptors (Lipinski definition) is 3. The van der Waals surface area contributed by atoms with Crippen LogP contribution < -0.4 is 5.73 Å². The van der Waals surface area contributed by atoms with Crippen molar-refractivity contribution in [1.82, 2.24) is 4.31 Å². The molecule has 1 atom stereocenters. The second kappa shape index (κ2) is 7.57. The zero-order valence-corrected chi connectivity index (χ0v) is 16.2. The minimum Gasteiger partial charge on any atom is -0.393 e. The van der Waals surface area contributed by atoms with Gasteiger partial charge in [0.05, 0.1) is 15.0 Å². The molecule has 1 unspecified atom stereocenters. The van der Waals surface area contributed by atoms with Crippen molar-refractivity contribution in [3.8, 4) is 0 Å². The Morgan fingerprint density at radius 1 is 1.43 bits per heavy atom. The summed E-state index contributed by atoms with van der Waals surface area (Å²) in [6.45, 7) is 3.94. The van der Waals surface area contributed by atoms with Gasteiger partial charge in [-0.25, -0.2) is 8.42 Å². The van der Waals surface area contributed by atoms with Crippen LogP contribution in [0.2, 0.25) is 10.0 Å². The first-order chi connectivity index (χ1) is 9.61. The first-order valence-electron chi connectivity index (χ1n) is 6.05. The first-order valence-corrected chi connectivity index (χ1v) is 9.45. The normalized spacial score (nSPS) is 13.4. The van der Waals surface area contributed by atoms with Gasteiger partial charge in [-0.15, -0.1) is 0 Å². The van der Waals surface area contributed by atoms with E-state index in [1.54, 1.807) is 13.8 Å². The Bertz CT molecular complexity index is 630. The lowest BCUT2D eigenvalue weighted by Gasteiger charge is -2.24. The van der Waals surface area contributed by atoms with Crippen LogP contribution in [0.1, 0.15) is 13.8 Å². The fourth-order valence-corrected chi connectivity index (χ4v) is 5.19. The van der Waals surface area contributed by atoms with Crippen LogP contribution in [0.25, 0.3) is 0 Å². The molecule has 4 nitrogen and oxygen atoms in total. The molecule has 0 bridgehead atoms. The maximum Gasteiger partial charge on any atom is 0.246 e. The number of benzene rings is 1. The van der Waals surface area contributed by atoms with Gasteiger partial charge in [0.15, 0.2) is 0 Å². The van der Waals surface area contributed by atoms with Crippen LogP contribution in [-0.4, -0.2) is 30.8 Å². The third-order valence-corrected chi connectivity index (χ3v) is 6.60. The highest BCUT2D eigenvalue weighted by atomic mass is 79.9. The summed E-state index contributed by atoms with van der Waals surface area (Å²) < 4.78 is 27.3.